The van der Waals surface area contributed by atoms with Crippen molar-refractivity contribution in [2.75, 3.05) is 19.7 Å². The van der Waals surface area contributed by atoms with Crippen LogP contribution in [0.1, 0.15) is 67.2 Å². The molecule has 0 saturated carbocycles. The molecule has 0 rings (SSSR count). The first-order valence-corrected chi connectivity index (χ1v) is 10.2. The third kappa shape index (κ3) is 11.3. The molecule has 0 heterocycles. The van der Waals surface area contributed by atoms with Gasteiger partial charge in [0.2, 0.25) is 5.91 Å². The Kier molecular flexibility index (Phi) is 13.8. The normalized spacial score (nSPS) is 14.4. The highest BCUT2D eigenvalue weighted by molar-refractivity contribution is 7.44. The summed E-state index contributed by atoms with van der Waals surface area (Å²) in [6.07, 6.45) is 4.20. The van der Waals surface area contributed by atoms with Crippen molar-refractivity contribution in [1.29, 1.82) is 0 Å². The maximum absolute atomic E-state index is 10.8. The van der Waals surface area contributed by atoms with Gasteiger partial charge >= 0.3 is 0 Å². The summed E-state index contributed by atoms with van der Waals surface area (Å²) in [7, 11) is -1.09. The Hall–Kier alpha value is -0.260. The highest BCUT2D eigenvalue weighted by atomic mass is 31.2. The zero-order valence-corrected chi connectivity index (χ0v) is 17.3. The van der Waals surface area contributed by atoms with E-state index >= 15 is 0 Å². The first-order chi connectivity index (χ1) is 11.3. The average Bonchev–Trinajstić information content (AvgIpc) is 2.48. The van der Waals surface area contributed by atoms with Gasteiger partial charge in [-0.25, -0.2) is 4.67 Å². The molecule has 7 heteroatoms. The van der Waals surface area contributed by atoms with Gasteiger partial charge in [-0.3, -0.25) is 4.79 Å². The van der Waals surface area contributed by atoms with Crippen molar-refractivity contribution >= 4 is 14.4 Å². The molecule has 0 saturated heterocycles. The summed E-state index contributed by atoms with van der Waals surface area (Å²) in [6, 6.07) is 0.720. The maximum atomic E-state index is 10.8. The first kappa shape index (κ1) is 23.7. The molecule has 0 bridgehead atoms. The number of carbonyl (C=O) groups is 1. The molecule has 0 aliphatic rings. The molecule has 3 N–H and O–H groups in total. The van der Waals surface area contributed by atoms with Gasteiger partial charge in [0.25, 0.3) is 8.53 Å². The highest BCUT2D eigenvalue weighted by Crippen LogP contribution is 2.46. The van der Waals surface area contributed by atoms with Crippen molar-refractivity contribution in [2.24, 2.45) is 5.73 Å². The van der Waals surface area contributed by atoms with E-state index in [0.29, 0.717) is 25.2 Å². The second kappa shape index (κ2) is 14.0. The average molecular weight is 363 g/mol. The summed E-state index contributed by atoms with van der Waals surface area (Å²) in [5, 5.41) is 2.82. The molecule has 1 amide bonds. The lowest BCUT2D eigenvalue weighted by Crippen LogP contribution is -2.35. The van der Waals surface area contributed by atoms with E-state index in [2.05, 4.69) is 37.7 Å². The molecule has 0 radical (unpaired) electrons. The summed E-state index contributed by atoms with van der Waals surface area (Å²) < 4.78 is 14.4. The topological polar surface area (TPSA) is 76.8 Å². The second-order valence-electron chi connectivity index (χ2n) is 6.69. The molecule has 0 aromatic heterocycles. The van der Waals surface area contributed by atoms with E-state index in [9.17, 15) is 4.79 Å². The molecule has 0 spiro atoms. The molecule has 24 heavy (non-hydrogen) atoms. The van der Waals surface area contributed by atoms with Gasteiger partial charge in [-0.05, 0) is 47.5 Å². The van der Waals surface area contributed by atoms with Crippen molar-refractivity contribution in [2.45, 2.75) is 85.4 Å². The minimum absolute atomic E-state index is 0.00577. The van der Waals surface area contributed by atoms with Crippen molar-refractivity contribution in [3.8, 4) is 0 Å². The van der Waals surface area contributed by atoms with Gasteiger partial charge in [0.1, 0.15) is 0 Å². The van der Waals surface area contributed by atoms with Crippen molar-refractivity contribution < 1.29 is 13.8 Å². The van der Waals surface area contributed by atoms with E-state index < -0.39 is 8.53 Å². The SMILES string of the molecule is CC(=O)NCCCCCCOP(OC(C)CN)N(C(C)C)C(C)C. The molecular weight excluding hydrogens is 325 g/mol. The number of hydrogen-bond acceptors (Lipinski definition) is 5. The number of carbonyl (C=O) groups excluding carboxylic acids is 1. The highest BCUT2D eigenvalue weighted by Gasteiger charge is 2.28. The van der Waals surface area contributed by atoms with Crippen LogP contribution in [0.4, 0.5) is 0 Å². The number of unbranched alkanes of at least 4 members (excludes halogenated alkanes) is 3. The molecule has 0 aliphatic carbocycles. The minimum atomic E-state index is -1.09. The fourth-order valence-electron chi connectivity index (χ4n) is 2.31. The number of hydrogen-bond donors (Lipinski definition) is 2. The Morgan fingerprint density at radius 2 is 1.67 bits per heavy atom. The predicted octanol–water partition coefficient (Wildman–Crippen LogP) is 3.41. The summed E-state index contributed by atoms with van der Waals surface area (Å²) in [5.41, 5.74) is 5.70. The van der Waals surface area contributed by atoms with Crippen LogP contribution in [-0.4, -0.2) is 48.5 Å². The molecule has 144 valence electrons. The van der Waals surface area contributed by atoms with Crippen LogP contribution >= 0.6 is 8.53 Å². The number of nitrogens with zero attached hydrogens (tertiary/aromatic N) is 1. The van der Waals surface area contributed by atoms with Crippen molar-refractivity contribution in [3.05, 3.63) is 0 Å². The Morgan fingerprint density at radius 3 is 2.17 bits per heavy atom. The zero-order valence-electron chi connectivity index (χ0n) is 16.4. The molecule has 0 aliphatic heterocycles. The monoisotopic (exact) mass is 363 g/mol. The molecule has 0 aromatic carbocycles. The Labute approximate surface area is 149 Å². The van der Waals surface area contributed by atoms with Gasteiger partial charge in [0.05, 0.1) is 12.7 Å². The van der Waals surface area contributed by atoms with Crippen LogP contribution in [0.15, 0.2) is 0 Å². The summed E-state index contributed by atoms with van der Waals surface area (Å²) >= 11 is 0. The molecule has 2 unspecified atom stereocenters. The van der Waals surface area contributed by atoms with Crippen LogP contribution in [0.3, 0.4) is 0 Å². The fourth-order valence-corrected chi connectivity index (χ4v) is 4.05. The van der Waals surface area contributed by atoms with Crippen LogP contribution in [0.5, 0.6) is 0 Å². The van der Waals surface area contributed by atoms with E-state index in [4.69, 9.17) is 14.8 Å². The molecular formula is C17H38N3O3P. The van der Waals surface area contributed by atoms with Gasteiger partial charge < -0.3 is 20.1 Å². The summed E-state index contributed by atoms with van der Waals surface area (Å²) in [6.45, 7) is 14.1. The third-order valence-electron chi connectivity index (χ3n) is 3.50. The molecule has 0 fully saturated rings. The van der Waals surface area contributed by atoms with Crippen molar-refractivity contribution in [1.82, 2.24) is 9.99 Å². The van der Waals surface area contributed by atoms with E-state index in [1.807, 2.05) is 6.92 Å². The van der Waals surface area contributed by atoms with E-state index in [0.717, 1.165) is 32.2 Å². The quantitative estimate of drug-likeness (QED) is 0.365. The molecule has 2 atom stereocenters. The van der Waals surface area contributed by atoms with Gasteiger partial charge in [0.15, 0.2) is 0 Å². The molecule has 6 nitrogen and oxygen atoms in total. The number of rotatable bonds is 14. The standard InChI is InChI=1S/C17H38N3O3P/c1-14(2)20(15(3)4)24(23-16(5)13-18)22-12-10-8-7-9-11-19-17(6)21/h14-16H,7-13,18H2,1-6H3,(H,19,21). The van der Waals surface area contributed by atoms with Gasteiger partial charge in [-0.1, -0.05) is 12.8 Å². The largest absolute Gasteiger partial charge is 0.356 e. The maximum Gasteiger partial charge on any atom is 0.259 e. The van der Waals surface area contributed by atoms with Crippen LogP contribution in [0.25, 0.3) is 0 Å². The van der Waals surface area contributed by atoms with E-state index in [1.165, 1.54) is 0 Å². The lowest BCUT2D eigenvalue weighted by molar-refractivity contribution is -0.118. The number of nitrogens with two attached hydrogens (primary N) is 1. The van der Waals surface area contributed by atoms with Crippen LogP contribution in [-0.2, 0) is 13.8 Å². The second-order valence-corrected chi connectivity index (χ2v) is 8.09. The van der Waals surface area contributed by atoms with E-state index in [-0.39, 0.29) is 12.0 Å². The van der Waals surface area contributed by atoms with Crippen molar-refractivity contribution in [3.63, 3.8) is 0 Å². The van der Waals surface area contributed by atoms with E-state index in [1.54, 1.807) is 6.92 Å². The Balaban J connectivity index is 4.19. The minimum Gasteiger partial charge on any atom is -0.356 e. The number of nitrogens with one attached hydrogen (secondary N) is 1. The first-order valence-electron chi connectivity index (χ1n) is 9.12. The summed E-state index contributed by atoms with van der Waals surface area (Å²) in [5.74, 6) is 0.0395. The lowest BCUT2D eigenvalue weighted by Gasteiger charge is -2.36. The Bertz CT molecular complexity index is 322. The summed E-state index contributed by atoms with van der Waals surface area (Å²) in [4.78, 5) is 10.8. The Morgan fingerprint density at radius 1 is 1.08 bits per heavy atom. The third-order valence-corrected chi connectivity index (χ3v) is 5.74. The van der Waals surface area contributed by atoms with Gasteiger partial charge in [-0.2, -0.15) is 0 Å². The molecule has 0 aromatic rings. The zero-order chi connectivity index (χ0) is 18.5. The predicted molar refractivity (Wildman–Crippen MR) is 102 cm³/mol. The van der Waals surface area contributed by atoms with Gasteiger partial charge in [-0.15, -0.1) is 0 Å². The number of amides is 1. The van der Waals surface area contributed by atoms with Crippen LogP contribution < -0.4 is 11.1 Å². The smallest absolute Gasteiger partial charge is 0.259 e. The lowest BCUT2D eigenvalue weighted by atomic mass is 10.2. The van der Waals surface area contributed by atoms with Crippen LogP contribution in [0.2, 0.25) is 0 Å². The van der Waals surface area contributed by atoms with Gasteiger partial charge in [0, 0.05) is 32.1 Å². The fraction of sp³-hybridized carbons (Fsp3) is 0.941. The van der Waals surface area contributed by atoms with Crippen LogP contribution in [0, 0.1) is 0 Å².